The lowest BCUT2D eigenvalue weighted by atomic mass is 9.96. The summed E-state index contributed by atoms with van der Waals surface area (Å²) in [7, 11) is 0. The van der Waals surface area contributed by atoms with Crippen LogP contribution in [0.15, 0.2) is 48.8 Å². The summed E-state index contributed by atoms with van der Waals surface area (Å²) < 4.78 is 0. The molecule has 3 rings (SSSR count). The Bertz CT molecular complexity index is 671. The summed E-state index contributed by atoms with van der Waals surface area (Å²) >= 11 is 0. The van der Waals surface area contributed by atoms with Crippen LogP contribution in [0.1, 0.15) is 24.8 Å². The van der Waals surface area contributed by atoms with E-state index >= 15 is 0 Å². The first kappa shape index (κ1) is 18.3. The van der Waals surface area contributed by atoms with E-state index in [1.807, 2.05) is 12.1 Å². The second-order valence-corrected chi connectivity index (χ2v) is 6.63. The number of anilines is 1. The number of piperazine rings is 1. The third kappa shape index (κ3) is 5.02. The number of amides is 1. The number of benzene rings is 1. The first-order chi connectivity index (χ1) is 12.8. The first-order valence-corrected chi connectivity index (χ1v) is 9.32. The number of hydrogen-bond acceptors (Lipinski definition) is 5. The molecule has 0 aliphatic carbocycles. The van der Waals surface area contributed by atoms with Gasteiger partial charge in [-0.2, -0.15) is 0 Å². The van der Waals surface area contributed by atoms with Crippen molar-refractivity contribution in [2.24, 2.45) is 0 Å². The lowest BCUT2D eigenvalue weighted by molar-refractivity contribution is -0.122. The number of hydrogen-bond donors (Lipinski definition) is 1. The normalized spacial score (nSPS) is 16.3. The summed E-state index contributed by atoms with van der Waals surface area (Å²) in [5.41, 5.74) is 1.28. The van der Waals surface area contributed by atoms with Gasteiger partial charge in [-0.05, 0) is 18.1 Å². The van der Waals surface area contributed by atoms with E-state index in [1.54, 1.807) is 12.4 Å². The molecule has 1 aliphatic heterocycles. The summed E-state index contributed by atoms with van der Waals surface area (Å²) in [5, 5.41) is 3.10. The highest BCUT2D eigenvalue weighted by Gasteiger charge is 2.20. The number of aromatic nitrogens is 2. The van der Waals surface area contributed by atoms with E-state index in [0.29, 0.717) is 19.0 Å². The lowest BCUT2D eigenvalue weighted by Gasteiger charge is -2.34. The van der Waals surface area contributed by atoms with Gasteiger partial charge in [-0.15, -0.1) is 0 Å². The standard InChI is InChI=1S/C20H27N5O/c1-2-17(18-7-4-3-5-8-18)15-23-19(26)16-24-11-13-25(14-12-24)20-21-9-6-10-22-20/h3-10,17H,2,11-16H2,1H3,(H,23,26)/t17-/m1/s1. The minimum atomic E-state index is 0.101. The van der Waals surface area contributed by atoms with Crippen LogP contribution in [0.25, 0.3) is 0 Å². The van der Waals surface area contributed by atoms with Crippen molar-refractivity contribution in [3.63, 3.8) is 0 Å². The highest BCUT2D eigenvalue weighted by molar-refractivity contribution is 5.78. The van der Waals surface area contributed by atoms with Gasteiger partial charge in [0.15, 0.2) is 0 Å². The number of carbonyl (C=O) groups is 1. The van der Waals surface area contributed by atoms with Crippen LogP contribution in [0, 0.1) is 0 Å². The zero-order valence-electron chi connectivity index (χ0n) is 15.3. The molecule has 6 nitrogen and oxygen atoms in total. The fourth-order valence-electron chi connectivity index (χ4n) is 3.28. The molecule has 2 aromatic rings. The van der Waals surface area contributed by atoms with Gasteiger partial charge in [-0.3, -0.25) is 9.69 Å². The minimum Gasteiger partial charge on any atom is -0.354 e. The number of nitrogens with one attached hydrogen (secondary N) is 1. The van der Waals surface area contributed by atoms with E-state index in [1.165, 1.54) is 5.56 Å². The Morgan fingerprint density at radius 1 is 1.08 bits per heavy atom. The fraction of sp³-hybridized carbons (Fsp3) is 0.450. The van der Waals surface area contributed by atoms with Gasteiger partial charge in [0.2, 0.25) is 11.9 Å². The summed E-state index contributed by atoms with van der Waals surface area (Å²) in [6.07, 6.45) is 4.54. The van der Waals surface area contributed by atoms with Crippen LogP contribution in [0.2, 0.25) is 0 Å². The summed E-state index contributed by atoms with van der Waals surface area (Å²) in [4.78, 5) is 25.3. The van der Waals surface area contributed by atoms with Gasteiger partial charge >= 0.3 is 0 Å². The molecule has 1 saturated heterocycles. The smallest absolute Gasteiger partial charge is 0.234 e. The maximum atomic E-state index is 12.3. The molecular formula is C20H27N5O. The van der Waals surface area contributed by atoms with Crippen molar-refractivity contribution in [3.8, 4) is 0 Å². The molecule has 0 bridgehead atoms. The van der Waals surface area contributed by atoms with Crippen molar-refractivity contribution >= 4 is 11.9 Å². The van der Waals surface area contributed by atoms with E-state index < -0.39 is 0 Å². The molecule has 1 aromatic heterocycles. The highest BCUT2D eigenvalue weighted by atomic mass is 16.2. The van der Waals surface area contributed by atoms with Gasteiger partial charge in [-0.1, -0.05) is 37.3 Å². The largest absolute Gasteiger partial charge is 0.354 e. The van der Waals surface area contributed by atoms with Gasteiger partial charge in [0.25, 0.3) is 0 Å². The van der Waals surface area contributed by atoms with Crippen molar-refractivity contribution < 1.29 is 4.79 Å². The Morgan fingerprint density at radius 3 is 2.42 bits per heavy atom. The van der Waals surface area contributed by atoms with E-state index in [0.717, 1.165) is 38.5 Å². The molecule has 138 valence electrons. The lowest BCUT2D eigenvalue weighted by Crippen LogP contribution is -2.50. The molecule has 0 unspecified atom stereocenters. The van der Waals surface area contributed by atoms with Crippen molar-refractivity contribution in [1.82, 2.24) is 20.2 Å². The van der Waals surface area contributed by atoms with Crippen LogP contribution in [-0.4, -0.2) is 60.0 Å². The van der Waals surface area contributed by atoms with Crippen molar-refractivity contribution in [2.45, 2.75) is 19.3 Å². The first-order valence-electron chi connectivity index (χ1n) is 9.32. The maximum absolute atomic E-state index is 12.3. The van der Waals surface area contributed by atoms with Crippen molar-refractivity contribution in [3.05, 3.63) is 54.4 Å². The summed E-state index contributed by atoms with van der Waals surface area (Å²) in [6, 6.07) is 12.2. The quantitative estimate of drug-likeness (QED) is 0.824. The molecule has 1 amide bonds. The Balaban J connectivity index is 1.41. The van der Waals surface area contributed by atoms with Gasteiger partial charge in [0.1, 0.15) is 0 Å². The van der Waals surface area contributed by atoms with E-state index in [4.69, 9.17) is 0 Å². The molecular weight excluding hydrogens is 326 g/mol. The molecule has 1 N–H and O–H groups in total. The molecule has 0 saturated carbocycles. The van der Waals surface area contributed by atoms with E-state index in [2.05, 4.69) is 56.3 Å². The average Bonchev–Trinajstić information content (AvgIpc) is 2.70. The van der Waals surface area contributed by atoms with Gasteiger partial charge in [0.05, 0.1) is 6.54 Å². The molecule has 2 heterocycles. The third-order valence-electron chi connectivity index (χ3n) is 4.88. The van der Waals surface area contributed by atoms with Crippen molar-refractivity contribution in [1.29, 1.82) is 0 Å². The van der Waals surface area contributed by atoms with Crippen LogP contribution in [0.3, 0.4) is 0 Å². The molecule has 1 aliphatic rings. The Labute approximate surface area is 155 Å². The number of nitrogens with zero attached hydrogens (tertiary/aromatic N) is 4. The summed E-state index contributed by atoms with van der Waals surface area (Å²) in [5.74, 6) is 1.24. The predicted molar refractivity (Wildman–Crippen MR) is 103 cm³/mol. The van der Waals surface area contributed by atoms with E-state index in [-0.39, 0.29) is 5.91 Å². The topological polar surface area (TPSA) is 61.4 Å². The average molecular weight is 353 g/mol. The van der Waals surface area contributed by atoms with Gasteiger partial charge in [-0.25, -0.2) is 9.97 Å². The summed E-state index contributed by atoms with van der Waals surface area (Å²) in [6.45, 7) is 6.70. The van der Waals surface area contributed by atoms with E-state index in [9.17, 15) is 4.79 Å². The van der Waals surface area contributed by atoms with Crippen LogP contribution in [-0.2, 0) is 4.79 Å². The molecule has 0 radical (unpaired) electrons. The van der Waals surface area contributed by atoms with Gasteiger partial charge < -0.3 is 10.2 Å². The van der Waals surface area contributed by atoms with Crippen LogP contribution >= 0.6 is 0 Å². The second kappa shape index (κ2) is 9.29. The highest BCUT2D eigenvalue weighted by Crippen LogP contribution is 2.18. The molecule has 1 aromatic carbocycles. The Morgan fingerprint density at radius 2 is 1.77 bits per heavy atom. The molecule has 0 spiro atoms. The Hall–Kier alpha value is -2.47. The zero-order valence-corrected chi connectivity index (χ0v) is 15.3. The van der Waals surface area contributed by atoms with Gasteiger partial charge in [0, 0.05) is 51.0 Å². The van der Waals surface area contributed by atoms with Crippen LogP contribution in [0.4, 0.5) is 5.95 Å². The predicted octanol–water partition coefficient (Wildman–Crippen LogP) is 1.91. The number of carbonyl (C=O) groups excluding carboxylic acids is 1. The molecule has 1 fully saturated rings. The second-order valence-electron chi connectivity index (χ2n) is 6.63. The molecule has 1 atom stereocenters. The van der Waals surface area contributed by atoms with Crippen LogP contribution < -0.4 is 10.2 Å². The fourth-order valence-corrected chi connectivity index (χ4v) is 3.28. The van der Waals surface area contributed by atoms with Crippen LogP contribution in [0.5, 0.6) is 0 Å². The zero-order chi connectivity index (χ0) is 18.2. The monoisotopic (exact) mass is 353 g/mol. The van der Waals surface area contributed by atoms with Crippen molar-refractivity contribution in [2.75, 3.05) is 44.2 Å². The minimum absolute atomic E-state index is 0.101. The Kier molecular flexibility index (Phi) is 6.55. The molecule has 26 heavy (non-hydrogen) atoms. The molecule has 6 heteroatoms. The SMILES string of the molecule is CC[C@H](CNC(=O)CN1CCN(c2ncccn2)CC1)c1ccccc1. The third-order valence-corrected chi connectivity index (χ3v) is 4.88. The number of rotatable bonds is 7. The maximum Gasteiger partial charge on any atom is 0.234 e.